The van der Waals surface area contributed by atoms with E-state index in [-0.39, 0.29) is 11.6 Å². The Labute approximate surface area is 125 Å². The third-order valence-corrected chi connectivity index (χ3v) is 4.18. The van der Waals surface area contributed by atoms with Gasteiger partial charge in [0.25, 0.3) is 0 Å². The van der Waals surface area contributed by atoms with Gasteiger partial charge in [-0.2, -0.15) is 0 Å². The zero-order valence-corrected chi connectivity index (χ0v) is 12.7. The van der Waals surface area contributed by atoms with E-state index in [2.05, 4.69) is 19.2 Å². The number of nitrogens with one attached hydrogen (secondary N) is 1. The van der Waals surface area contributed by atoms with Gasteiger partial charge in [-0.1, -0.05) is 26.0 Å². The number of urea groups is 1. The number of carbonyl (C=O) groups is 2. The first-order chi connectivity index (χ1) is 9.90. The molecule has 1 fully saturated rings. The van der Waals surface area contributed by atoms with Crippen LogP contribution in [-0.4, -0.2) is 35.1 Å². The number of anilines is 1. The number of carboxylic acids is 1. The number of benzene rings is 1. The minimum Gasteiger partial charge on any atom is -0.478 e. The average Bonchev–Trinajstić information content (AvgIpc) is 2.88. The summed E-state index contributed by atoms with van der Waals surface area (Å²) in [5, 5.41) is 12.0. The van der Waals surface area contributed by atoms with Gasteiger partial charge >= 0.3 is 12.0 Å². The molecule has 2 N–H and O–H groups in total. The van der Waals surface area contributed by atoms with Crippen LogP contribution in [0.15, 0.2) is 18.2 Å². The molecule has 2 rings (SSSR count). The van der Waals surface area contributed by atoms with E-state index in [1.54, 1.807) is 30.0 Å². The van der Waals surface area contributed by atoms with E-state index in [1.807, 2.05) is 0 Å². The van der Waals surface area contributed by atoms with Crippen molar-refractivity contribution in [3.8, 4) is 0 Å². The van der Waals surface area contributed by atoms with Crippen molar-refractivity contribution >= 4 is 17.7 Å². The number of rotatable bonds is 3. The molecular weight excluding hydrogens is 268 g/mol. The van der Waals surface area contributed by atoms with Gasteiger partial charge in [0.15, 0.2) is 0 Å². The van der Waals surface area contributed by atoms with E-state index < -0.39 is 5.97 Å². The lowest BCUT2D eigenvalue weighted by atomic mass is 9.95. The van der Waals surface area contributed by atoms with Crippen molar-refractivity contribution in [3.05, 3.63) is 29.3 Å². The first kappa shape index (κ1) is 15.4. The Morgan fingerprint density at radius 3 is 2.67 bits per heavy atom. The Hall–Kier alpha value is -2.04. The van der Waals surface area contributed by atoms with E-state index in [9.17, 15) is 14.7 Å². The molecule has 1 aromatic carbocycles. The molecule has 0 aromatic heterocycles. The molecule has 5 heteroatoms. The Morgan fingerprint density at radius 1 is 1.38 bits per heavy atom. The summed E-state index contributed by atoms with van der Waals surface area (Å²) in [6.45, 7) is 7.51. The molecule has 1 heterocycles. The topological polar surface area (TPSA) is 69.6 Å². The maximum atomic E-state index is 12.3. The van der Waals surface area contributed by atoms with Crippen LogP contribution in [0.4, 0.5) is 10.5 Å². The second-order valence-electron chi connectivity index (χ2n) is 5.97. The van der Waals surface area contributed by atoms with Gasteiger partial charge in [0.05, 0.1) is 11.3 Å². The summed E-state index contributed by atoms with van der Waals surface area (Å²) in [7, 11) is 0. The largest absolute Gasteiger partial charge is 0.478 e. The molecular formula is C16H22N2O3. The van der Waals surface area contributed by atoms with Crippen LogP contribution in [-0.2, 0) is 0 Å². The predicted octanol–water partition coefficient (Wildman–Crippen LogP) is 3.20. The third-order valence-electron chi connectivity index (χ3n) is 4.18. The van der Waals surface area contributed by atoms with E-state index in [4.69, 9.17) is 0 Å². The fourth-order valence-electron chi connectivity index (χ4n) is 2.77. The zero-order valence-electron chi connectivity index (χ0n) is 12.7. The summed E-state index contributed by atoms with van der Waals surface area (Å²) in [5.41, 5.74) is 1.16. The summed E-state index contributed by atoms with van der Waals surface area (Å²) in [5.74, 6) is 0.0495. The lowest BCUT2D eigenvalue weighted by Gasteiger charge is -2.19. The number of carbonyl (C=O) groups excluding carboxylic acids is 1. The summed E-state index contributed by atoms with van der Waals surface area (Å²) >= 11 is 0. The molecule has 1 aliphatic heterocycles. The lowest BCUT2D eigenvalue weighted by molar-refractivity contribution is 0.0697. The molecule has 1 aliphatic rings. The molecule has 1 unspecified atom stereocenters. The molecule has 114 valence electrons. The van der Waals surface area contributed by atoms with E-state index in [0.29, 0.717) is 23.1 Å². The van der Waals surface area contributed by atoms with Gasteiger partial charge in [0.2, 0.25) is 0 Å². The molecule has 1 saturated heterocycles. The highest BCUT2D eigenvalue weighted by molar-refractivity contribution is 6.01. The molecule has 1 aromatic rings. The van der Waals surface area contributed by atoms with Gasteiger partial charge in [-0.15, -0.1) is 0 Å². The lowest BCUT2D eigenvalue weighted by Crippen LogP contribution is -2.34. The second-order valence-corrected chi connectivity index (χ2v) is 5.97. The number of nitrogens with zero attached hydrogens (tertiary/aromatic N) is 1. The van der Waals surface area contributed by atoms with Crippen LogP contribution in [0.1, 0.15) is 36.2 Å². The van der Waals surface area contributed by atoms with Crippen LogP contribution in [0, 0.1) is 18.8 Å². The van der Waals surface area contributed by atoms with E-state index >= 15 is 0 Å². The highest BCUT2D eigenvalue weighted by Gasteiger charge is 2.28. The van der Waals surface area contributed by atoms with E-state index in [1.165, 1.54) is 0 Å². The van der Waals surface area contributed by atoms with Crippen LogP contribution in [0.3, 0.4) is 0 Å². The maximum Gasteiger partial charge on any atom is 0.338 e. The van der Waals surface area contributed by atoms with Gasteiger partial charge in [-0.3, -0.25) is 0 Å². The van der Waals surface area contributed by atoms with E-state index in [0.717, 1.165) is 19.5 Å². The van der Waals surface area contributed by atoms with Gasteiger partial charge in [-0.25, -0.2) is 9.59 Å². The number of aromatic carboxylic acids is 1. The fourth-order valence-corrected chi connectivity index (χ4v) is 2.77. The smallest absolute Gasteiger partial charge is 0.338 e. The SMILES string of the molecule is Cc1cccc(NC(=O)N2CCC(C(C)C)C2)c1C(=O)O. The Bertz CT molecular complexity index is 554. The van der Waals surface area contributed by atoms with Crippen LogP contribution in [0.2, 0.25) is 0 Å². The van der Waals surface area contributed by atoms with Crippen molar-refractivity contribution < 1.29 is 14.7 Å². The molecule has 0 saturated carbocycles. The van der Waals surface area contributed by atoms with Crippen molar-refractivity contribution in [2.45, 2.75) is 27.2 Å². The van der Waals surface area contributed by atoms with Crippen LogP contribution >= 0.6 is 0 Å². The Balaban J connectivity index is 2.11. The standard InChI is InChI=1S/C16H22N2O3/c1-10(2)12-7-8-18(9-12)16(21)17-13-6-4-5-11(3)14(13)15(19)20/h4-6,10,12H,7-9H2,1-3H3,(H,17,21)(H,19,20). The molecule has 0 radical (unpaired) electrons. The van der Waals surface area contributed by atoms with Crippen molar-refractivity contribution in [3.63, 3.8) is 0 Å². The molecule has 21 heavy (non-hydrogen) atoms. The zero-order chi connectivity index (χ0) is 15.6. The predicted molar refractivity (Wildman–Crippen MR) is 81.7 cm³/mol. The van der Waals surface area contributed by atoms with Crippen molar-refractivity contribution in [1.29, 1.82) is 0 Å². The van der Waals surface area contributed by atoms with Gasteiger partial charge < -0.3 is 15.3 Å². The van der Waals surface area contributed by atoms with Gasteiger partial charge in [-0.05, 0) is 36.8 Å². The average molecular weight is 290 g/mol. The summed E-state index contributed by atoms with van der Waals surface area (Å²) in [6.07, 6.45) is 1.00. The summed E-state index contributed by atoms with van der Waals surface area (Å²) in [6, 6.07) is 4.89. The minimum absolute atomic E-state index is 0.158. The first-order valence-corrected chi connectivity index (χ1v) is 7.29. The van der Waals surface area contributed by atoms with Crippen LogP contribution in [0.25, 0.3) is 0 Å². The van der Waals surface area contributed by atoms with Gasteiger partial charge in [0, 0.05) is 13.1 Å². The number of aryl methyl sites for hydroxylation is 1. The quantitative estimate of drug-likeness (QED) is 0.898. The number of amides is 2. The Kier molecular flexibility index (Phi) is 4.50. The summed E-state index contributed by atoms with van der Waals surface area (Å²) in [4.78, 5) is 25.4. The monoisotopic (exact) mass is 290 g/mol. The van der Waals surface area contributed by atoms with Crippen molar-refractivity contribution in [1.82, 2.24) is 4.90 Å². The van der Waals surface area contributed by atoms with Gasteiger partial charge in [0.1, 0.15) is 0 Å². The molecule has 0 bridgehead atoms. The minimum atomic E-state index is -1.02. The Morgan fingerprint density at radius 2 is 2.10 bits per heavy atom. The number of carboxylic acid groups (broad SMARTS) is 1. The van der Waals surface area contributed by atoms with Crippen molar-refractivity contribution in [2.24, 2.45) is 11.8 Å². The van der Waals surface area contributed by atoms with Crippen molar-refractivity contribution in [2.75, 3.05) is 18.4 Å². The first-order valence-electron chi connectivity index (χ1n) is 7.29. The molecule has 1 atom stereocenters. The highest BCUT2D eigenvalue weighted by atomic mass is 16.4. The molecule has 0 spiro atoms. The maximum absolute atomic E-state index is 12.3. The summed E-state index contributed by atoms with van der Waals surface area (Å²) < 4.78 is 0. The molecule has 2 amide bonds. The third kappa shape index (κ3) is 3.35. The highest BCUT2D eigenvalue weighted by Crippen LogP contribution is 2.25. The molecule has 5 nitrogen and oxygen atoms in total. The number of hydrogen-bond acceptors (Lipinski definition) is 2. The normalized spacial score (nSPS) is 18.1. The second kappa shape index (κ2) is 6.16. The van der Waals surface area contributed by atoms with Crippen LogP contribution < -0.4 is 5.32 Å². The van der Waals surface area contributed by atoms with Crippen LogP contribution in [0.5, 0.6) is 0 Å². The molecule has 0 aliphatic carbocycles. The fraction of sp³-hybridized carbons (Fsp3) is 0.500. The number of hydrogen-bond donors (Lipinski definition) is 2. The number of likely N-dealkylation sites (tertiary alicyclic amines) is 1.